The number of methoxy groups -OCH3 is 1. The third kappa shape index (κ3) is 4.10. The molecule has 0 radical (unpaired) electrons. The highest BCUT2D eigenvalue weighted by molar-refractivity contribution is 9.10. The minimum atomic E-state index is -0.344. The van der Waals surface area contributed by atoms with Gasteiger partial charge in [-0.3, -0.25) is 4.79 Å². The van der Waals surface area contributed by atoms with E-state index in [1.165, 1.54) is 13.2 Å². The molecule has 82 valence electrons. The lowest BCUT2D eigenvalue weighted by Crippen LogP contribution is -2.07. The van der Waals surface area contributed by atoms with E-state index in [0.29, 0.717) is 18.6 Å². The zero-order valence-corrected chi connectivity index (χ0v) is 10.0. The number of carbonyl (C=O) groups excluding carboxylic acids is 1. The van der Waals surface area contributed by atoms with Crippen LogP contribution in [0.2, 0.25) is 0 Å². The molecule has 4 heteroatoms. The lowest BCUT2D eigenvalue weighted by molar-refractivity contribution is -0.119. The highest BCUT2D eigenvalue weighted by Crippen LogP contribution is 2.16. The largest absolute Gasteiger partial charge is 0.384 e. The van der Waals surface area contributed by atoms with E-state index in [1.54, 1.807) is 12.1 Å². The van der Waals surface area contributed by atoms with Crippen molar-refractivity contribution in [3.8, 4) is 0 Å². The Labute approximate surface area is 96.6 Å². The summed E-state index contributed by atoms with van der Waals surface area (Å²) in [4.78, 5) is 11.4. The van der Waals surface area contributed by atoms with Crippen molar-refractivity contribution in [1.29, 1.82) is 0 Å². The van der Waals surface area contributed by atoms with E-state index in [9.17, 15) is 9.18 Å². The Morgan fingerprint density at radius 3 is 2.93 bits per heavy atom. The normalized spacial score (nSPS) is 10.3. The van der Waals surface area contributed by atoms with Gasteiger partial charge in [0.1, 0.15) is 11.6 Å². The van der Waals surface area contributed by atoms with Crippen LogP contribution in [0.1, 0.15) is 12.0 Å². The van der Waals surface area contributed by atoms with Crippen LogP contribution < -0.4 is 0 Å². The Balaban J connectivity index is 2.63. The van der Waals surface area contributed by atoms with Gasteiger partial charge in [-0.05, 0) is 23.8 Å². The van der Waals surface area contributed by atoms with Crippen LogP contribution in [-0.2, 0) is 16.0 Å². The number of Topliss-reactive ketones (excluding diaryl/α,β-unsaturated/α-hetero) is 1. The second kappa shape index (κ2) is 5.98. The van der Waals surface area contributed by atoms with E-state index in [0.717, 1.165) is 4.47 Å². The Bertz CT molecular complexity index is 352. The maximum absolute atomic E-state index is 13.2. The highest BCUT2D eigenvalue weighted by Gasteiger charge is 2.08. The van der Waals surface area contributed by atoms with Gasteiger partial charge in [-0.25, -0.2) is 4.39 Å². The van der Waals surface area contributed by atoms with Crippen molar-refractivity contribution in [1.82, 2.24) is 0 Å². The van der Waals surface area contributed by atoms with Crippen LogP contribution in [-0.4, -0.2) is 19.5 Å². The third-order valence-corrected chi connectivity index (χ3v) is 2.47. The van der Waals surface area contributed by atoms with Crippen LogP contribution in [0.3, 0.4) is 0 Å². The van der Waals surface area contributed by atoms with Gasteiger partial charge in [-0.2, -0.15) is 0 Å². The lowest BCUT2D eigenvalue weighted by Gasteiger charge is -2.03. The molecule has 0 aromatic heterocycles. The number of ketones is 1. The molecular formula is C11H12BrFO2. The SMILES string of the molecule is COCCC(=O)Cc1cc(Br)ccc1F. The first-order valence-electron chi connectivity index (χ1n) is 4.58. The molecule has 0 heterocycles. The van der Waals surface area contributed by atoms with Crippen LogP contribution in [0.5, 0.6) is 0 Å². The van der Waals surface area contributed by atoms with Crippen LogP contribution >= 0.6 is 15.9 Å². The molecule has 0 amide bonds. The molecule has 0 aliphatic carbocycles. The number of ether oxygens (including phenoxy) is 1. The van der Waals surface area contributed by atoms with Crippen molar-refractivity contribution >= 4 is 21.7 Å². The minimum Gasteiger partial charge on any atom is -0.384 e. The molecule has 0 saturated carbocycles. The van der Waals surface area contributed by atoms with Crippen molar-refractivity contribution < 1.29 is 13.9 Å². The fraction of sp³-hybridized carbons (Fsp3) is 0.364. The van der Waals surface area contributed by atoms with Crippen LogP contribution in [0.25, 0.3) is 0 Å². The van der Waals surface area contributed by atoms with Crippen molar-refractivity contribution in [3.05, 3.63) is 34.1 Å². The maximum Gasteiger partial charge on any atom is 0.139 e. The average molecular weight is 275 g/mol. The quantitative estimate of drug-likeness (QED) is 0.826. The Morgan fingerprint density at radius 1 is 1.53 bits per heavy atom. The molecule has 1 aromatic carbocycles. The number of carbonyl (C=O) groups is 1. The fourth-order valence-electron chi connectivity index (χ4n) is 1.20. The molecular weight excluding hydrogens is 263 g/mol. The summed E-state index contributed by atoms with van der Waals surface area (Å²) in [6, 6.07) is 4.58. The molecule has 0 bridgehead atoms. The fourth-order valence-corrected chi connectivity index (χ4v) is 1.60. The predicted molar refractivity (Wildman–Crippen MR) is 59.3 cm³/mol. The zero-order chi connectivity index (χ0) is 11.3. The number of benzene rings is 1. The number of halogens is 2. The molecule has 0 fully saturated rings. The molecule has 1 aromatic rings. The number of rotatable bonds is 5. The van der Waals surface area contributed by atoms with Crippen LogP contribution in [0.4, 0.5) is 4.39 Å². The van der Waals surface area contributed by atoms with E-state index in [-0.39, 0.29) is 18.0 Å². The smallest absolute Gasteiger partial charge is 0.139 e. The van der Waals surface area contributed by atoms with Gasteiger partial charge in [0.15, 0.2) is 0 Å². The zero-order valence-electron chi connectivity index (χ0n) is 8.43. The molecule has 0 N–H and O–H groups in total. The minimum absolute atomic E-state index is 0.0196. The van der Waals surface area contributed by atoms with Gasteiger partial charge in [0, 0.05) is 24.4 Å². The molecule has 0 atom stereocenters. The van der Waals surface area contributed by atoms with E-state index in [2.05, 4.69) is 15.9 Å². The molecule has 1 rings (SSSR count). The van der Waals surface area contributed by atoms with Gasteiger partial charge >= 0.3 is 0 Å². The van der Waals surface area contributed by atoms with E-state index < -0.39 is 0 Å². The summed E-state index contributed by atoms with van der Waals surface area (Å²) in [5.74, 6) is -0.363. The van der Waals surface area contributed by atoms with Gasteiger partial charge in [0.25, 0.3) is 0 Å². The van der Waals surface area contributed by atoms with Crippen molar-refractivity contribution in [2.75, 3.05) is 13.7 Å². The molecule has 15 heavy (non-hydrogen) atoms. The second-order valence-electron chi connectivity index (χ2n) is 3.19. The van der Waals surface area contributed by atoms with E-state index >= 15 is 0 Å². The number of hydrogen-bond donors (Lipinski definition) is 0. The molecule has 0 aliphatic rings. The van der Waals surface area contributed by atoms with Gasteiger partial charge in [-0.1, -0.05) is 15.9 Å². The molecule has 0 spiro atoms. The summed E-state index contributed by atoms with van der Waals surface area (Å²) in [5, 5.41) is 0. The van der Waals surface area contributed by atoms with Crippen LogP contribution in [0.15, 0.2) is 22.7 Å². The first-order valence-corrected chi connectivity index (χ1v) is 5.37. The first kappa shape index (κ1) is 12.3. The predicted octanol–water partition coefficient (Wildman–Crippen LogP) is 2.74. The summed E-state index contributed by atoms with van der Waals surface area (Å²) in [5.41, 5.74) is 0.422. The molecule has 0 unspecified atom stereocenters. The molecule has 2 nitrogen and oxygen atoms in total. The van der Waals surface area contributed by atoms with E-state index in [4.69, 9.17) is 4.74 Å². The van der Waals surface area contributed by atoms with Gasteiger partial charge in [0.05, 0.1) is 6.61 Å². The Kier molecular flexibility index (Phi) is 4.91. The van der Waals surface area contributed by atoms with Crippen molar-refractivity contribution in [2.24, 2.45) is 0 Å². The lowest BCUT2D eigenvalue weighted by atomic mass is 10.1. The summed E-state index contributed by atoms with van der Waals surface area (Å²) in [7, 11) is 1.53. The van der Waals surface area contributed by atoms with E-state index in [1.807, 2.05) is 0 Å². The molecule has 0 aliphatic heterocycles. The second-order valence-corrected chi connectivity index (χ2v) is 4.11. The number of hydrogen-bond acceptors (Lipinski definition) is 2. The monoisotopic (exact) mass is 274 g/mol. The summed E-state index contributed by atoms with van der Waals surface area (Å²) < 4.78 is 18.8. The highest BCUT2D eigenvalue weighted by atomic mass is 79.9. The summed E-state index contributed by atoms with van der Waals surface area (Å²) in [6.45, 7) is 0.383. The first-order chi connectivity index (χ1) is 7.13. The topological polar surface area (TPSA) is 26.3 Å². The Hall–Kier alpha value is -0.740. The van der Waals surface area contributed by atoms with Crippen LogP contribution in [0, 0.1) is 5.82 Å². The van der Waals surface area contributed by atoms with Crippen molar-refractivity contribution in [2.45, 2.75) is 12.8 Å². The third-order valence-electron chi connectivity index (χ3n) is 1.98. The summed E-state index contributed by atoms with van der Waals surface area (Å²) in [6.07, 6.45) is 0.442. The standard InChI is InChI=1S/C11H12BrFO2/c1-15-5-4-10(14)7-8-6-9(12)2-3-11(8)13/h2-3,6H,4-5,7H2,1H3. The molecule has 0 saturated heterocycles. The average Bonchev–Trinajstić information content (AvgIpc) is 2.20. The van der Waals surface area contributed by atoms with Gasteiger partial charge < -0.3 is 4.74 Å². The van der Waals surface area contributed by atoms with Gasteiger partial charge in [-0.15, -0.1) is 0 Å². The maximum atomic E-state index is 13.2. The van der Waals surface area contributed by atoms with Crippen molar-refractivity contribution in [3.63, 3.8) is 0 Å². The Morgan fingerprint density at radius 2 is 2.27 bits per heavy atom. The summed E-state index contributed by atoms with van der Waals surface area (Å²) >= 11 is 3.24. The van der Waals surface area contributed by atoms with Gasteiger partial charge in [0.2, 0.25) is 0 Å².